The average molecular weight is 380 g/mol. The molecule has 2 aromatic carbocycles. The summed E-state index contributed by atoms with van der Waals surface area (Å²) in [6.07, 6.45) is 1.22. The minimum atomic E-state index is -0.569. The Labute approximate surface area is 159 Å². The van der Waals surface area contributed by atoms with Crippen molar-refractivity contribution in [3.05, 3.63) is 81.2 Å². The standard InChI is InChI=1S/C18H16N6O4/c1-2-22(14-8-4-3-5-9-14)18-16(24(27)28)17(19-12-20-18)21-13-7-6-10-15(11-13)23(25)26/h3-12H,2H2,1H3,(H,19,20,21). The van der Waals surface area contributed by atoms with E-state index in [1.54, 1.807) is 11.0 Å². The lowest BCUT2D eigenvalue weighted by atomic mass is 10.2. The predicted molar refractivity (Wildman–Crippen MR) is 104 cm³/mol. The fraction of sp³-hybridized carbons (Fsp3) is 0.111. The van der Waals surface area contributed by atoms with Crippen molar-refractivity contribution in [2.45, 2.75) is 6.92 Å². The Kier molecular flexibility index (Phi) is 5.40. The van der Waals surface area contributed by atoms with Crippen LogP contribution in [0.3, 0.4) is 0 Å². The fourth-order valence-corrected chi connectivity index (χ4v) is 2.72. The molecule has 1 heterocycles. The minimum Gasteiger partial charge on any atom is -0.334 e. The molecule has 0 saturated carbocycles. The molecule has 3 aromatic rings. The van der Waals surface area contributed by atoms with Gasteiger partial charge in [-0.2, -0.15) is 0 Å². The van der Waals surface area contributed by atoms with Gasteiger partial charge in [0.05, 0.1) is 9.85 Å². The highest BCUT2D eigenvalue weighted by molar-refractivity contribution is 5.78. The normalized spacial score (nSPS) is 10.3. The number of hydrogen-bond donors (Lipinski definition) is 1. The summed E-state index contributed by atoms with van der Waals surface area (Å²) in [4.78, 5) is 31.4. The monoisotopic (exact) mass is 380 g/mol. The summed E-state index contributed by atoms with van der Waals surface area (Å²) in [5, 5.41) is 25.6. The molecule has 0 fully saturated rings. The molecule has 1 aromatic heterocycles. The van der Waals surface area contributed by atoms with E-state index in [9.17, 15) is 20.2 Å². The van der Waals surface area contributed by atoms with Gasteiger partial charge in [-0.3, -0.25) is 20.2 Å². The maximum atomic E-state index is 11.8. The highest BCUT2D eigenvalue weighted by Gasteiger charge is 2.27. The fourth-order valence-electron chi connectivity index (χ4n) is 2.72. The number of benzene rings is 2. The van der Waals surface area contributed by atoms with Crippen LogP contribution in [-0.4, -0.2) is 26.4 Å². The van der Waals surface area contributed by atoms with E-state index in [0.29, 0.717) is 12.2 Å². The first-order valence-electron chi connectivity index (χ1n) is 8.34. The van der Waals surface area contributed by atoms with E-state index in [4.69, 9.17) is 0 Å². The first-order chi connectivity index (χ1) is 13.5. The molecular formula is C18H16N6O4. The third-order valence-electron chi connectivity index (χ3n) is 3.95. The van der Waals surface area contributed by atoms with Gasteiger partial charge in [0.1, 0.15) is 6.33 Å². The number of non-ortho nitro benzene ring substituents is 1. The second-order valence-electron chi connectivity index (χ2n) is 5.66. The number of para-hydroxylation sites is 1. The molecule has 0 atom stereocenters. The maximum Gasteiger partial charge on any atom is 0.354 e. The number of nitrogens with zero attached hydrogens (tertiary/aromatic N) is 5. The van der Waals surface area contributed by atoms with E-state index in [2.05, 4.69) is 15.3 Å². The van der Waals surface area contributed by atoms with Gasteiger partial charge in [-0.15, -0.1) is 0 Å². The summed E-state index contributed by atoms with van der Waals surface area (Å²) in [6, 6.07) is 14.8. The Balaban J connectivity index is 2.06. The molecule has 0 unspecified atom stereocenters. The highest BCUT2D eigenvalue weighted by atomic mass is 16.6. The molecule has 0 bridgehead atoms. The molecule has 0 aliphatic heterocycles. The van der Waals surface area contributed by atoms with Gasteiger partial charge in [0.15, 0.2) is 0 Å². The summed E-state index contributed by atoms with van der Waals surface area (Å²) < 4.78 is 0. The Morgan fingerprint density at radius 3 is 2.39 bits per heavy atom. The Morgan fingerprint density at radius 2 is 1.75 bits per heavy atom. The van der Waals surface area contributed by atoms with Gasteiger partial charge in [-0.05, 0) is 25.1 Å². The summed E-state index contributed by atoms with van der Waals surface area (Å²) >= 11 is 0. The van der Waals surface area contributed by atoms with Crippen LogP contribution in [0.15, 0.2) is 60.9 Å². The maximum absolute atomic E-state index is 11.8. The zero-order chi connectivity index (χ0) is 20.1. The van der Waals surface area contributed by atoms with E-state index >= 15 is 0 Å². The number of aromatic nitrogens is 2. The van der Waals surface area contributed by atoms with Gasteiger partial charge < -0.3 is 10.2 Å². The molecular weight excluding hydrogens is 364 g/mol. The zero-order valence-corrected chi connectivity index (χ0v) is 14.8. The van der Waals surface area contributed by atoms with Gasteiger partial charge in [0, 0.05) is 30.1 Å². The number of rotatable bonds is 7. The minimum absolute atomic E-state index is 0.0510. The van der Waals surface area contributed by atoms with E-state index in [1.807, 2.05) is 37.3 Å². The van der Waals surface area contributed by atoms with Crippen molar-refractivity contribution >= 4 is 34.4 Å². The van der Waals surface area contributed by atoms with Crippen LogP contribution in [-0.2, 0) is 0 Å². The average Bonchev–Trinajstić information content (AvgIpc) is 2.69. The molecule has 0 aliphatic carbocycles. The van der Waals surface area contributed by atoms with Gasteiger partial charge in [-0.25, -0.2) is 9.97 Å². The number of anilines is 4. The lowest BCUT2D eigenvalue weighted by Crippen LogP contribution is -2.19. The number of nitrogens with one attached hydrogen (secondary N) is 1. The third-order valence-corrected chi connectivity index (χ3v) is 3.95. The number of hydrogen-bond acceptors (Lipinski definition) is 8. The van der Waals surface area contributed by atoms with Crippen LogP contribution >= 0.6 is 0 Å². The Bertz CT molecular complexity index is 1010. The lowest BCUT2D eigenvalue weighted by molar-refractivity contribution is -0.384. The predicted octanol–water partition coefficient (Wildman–Crippen LogP) is 4.19. The van der Waals surface area contributed by atoms with Gasteiger partial charge in [0.25, 0.3) is 5.69 Å². The van der Waals surface area contributed by atoms with Crippen LogP contribution < -0.4 is 10.2 Å². The van der Waals surface area contributed by atoms with E-state index in [1.165, 1.54) is 24.5 Å². The van der Waals surface area contributed by atoms with Crippen molar-refractivity contribution in [1.29, 1.82) is 0 Å². The Morgan fingerprint density at radius 1 is 1.00 bits per heavy atom. The zero-order valence-electron chi connectivity index (χ0n) is 14.8. The van der Waals surface area contributed by atoms with E-state index in [0.717, 1.165) is 5.69 Å². The van der Waals surface area contributed by atoms with Crippen molar-refractivity contribution in [2.24, 2.45) is 0 Å². The van der Waals surface area contributed by atoms with Crippen molar-refractivity contribution in [3.8, 4) is 0 Å². The summed E-state index contributed by atoms with van der Waals surface area (Å²) in [5.74, 6) is 0.0755. The first kappa shape index (κ1) is 18.7. The van der Waals surface area contributed by atoms with Gasteiger partial charge in [-0.1, -0.05) is 24.3 Å². The molecule has 0 amide bonds. The van der Waals surface area contributed by atoms with Crippen LogP contribution in [0.5, 0.6) is 0 Å². The van der Waals surface area contributed by atoms with Crippen LogP contribution in [0.25, 0.3) is 0 Å². The topological polar surface area (TPSA) is 127 Å². The molecule has 1 N–H and O–H groups in total. The van der Waals surface area contributed by atoms with Crippen molar-refractivity contribution in [2.75, 3.05) is 16.8 Å². The van der Waals surface area contributed by atoms with Crippen LogP contribution in [0.2, 0.25) is 0 Å². The molecule has 0 saturated heterocycles. The SMILES string of the molecule is CCN(c1ccccc1)c1ncnc(Nc2cccc([N+](=O)[O-])c2)c1[N+](=O)[O-]. The quantitative estimate of drug-likeness (QED) is 0.477. The molecule has 142 valence electrons. The van der Waals surface area contributed by atoms with Crippen LogP contribution in [0, 0.1) is 20.2 Å². The van der Waals surface area contributed by atoms with E-state index in [-0.39, 0.29) is 23.0 Å². The van der Waals surface area contributed by atoms with Crippen LogP contribution in [0.4, 0.5) is 34.4 Å². The molecule has 10 heteroatoms. The van der Waals surface area contributed by atoms with E-state index < -0.39 is 9.85 Å². The van der Waals surface area contributed by atoms with Gasteiger partial charge >= 0.3 is 5.69 Å². The molecule has 0 aliphatic rings. The highest BCUT2D eigenvalue weighted by Crippen LogP contribution is 2.37. The summed E-state index contributed by atoms with van der Waals surface area (Å²) in [7, 11) is 0. The molecule has 3 rings (SSSR count). The van der Waals surface area contributed by atoms with Gasteiger partial charge in [0.2, 0.25) is 11.6 Å². The molecule has 28 heavy (non-hydrogen) atoms. The summed E-state index contributed by atoms with van der Waals surface area (Å²) in [6.45, 7) is 2.30. The Hall–Kier alpha value is -4.08. The number of nitro groups is 2. The molecule has 0 spiro atoms. The van der Waals surface area contributed by atoms with Crippen molar-refractivity contribution < 1.29 is 9.85 Å². The summed E-state index contributed by atoms with van der Waals surface area (Å²) in [5.41, 5.74) is 0.596. The first-order valence-corrected chi connectivity index (χ1v) is 8.34. The van der Waals surface area contributed by atoms with Crippen molar-refractivity contribution in [1.82, 2.24) is 9.97 Å². The third kappa shape index (κ3) is 3.85. The second kappa shape index (κ2) is 8.08. The lowest BCUT2D eigenvalue weighted by Gasteiger charge is -2.22. The molecule has 10 nitrogen and oxygen atoms in total. The van der Waals surface area contributed by atoms with Crippen molar-refractivity contribution in [3.63, 3.8) is 0 Å². The smallest absolute Gasteiger partial charge is 0.334 e. The van der Waals surface area contributed by atoms with Crippen LogP contribution in [0.1, 0.15) is 6.92 Å². The second-order valence-corrected chi connectivity index (χ2v) is 5.66. The molecule has 0 radical (unpaired) electrons. The number of nitro benzene ring substituents is 1. The largest absolute Gasteiger partial charge is 0.354 e.